The van der Waals surface area contributed by atoms with E-state index in [0.29, 0.717) is 16.7 Å². The van der Waals surface area contributed by atoms with Gasteiger partial charge in [-0.15, -0.1) is 0 Å². The summed E-state index contributed by atoms with van der Waals surface area (Å²) in [6.07, 6.45) is -18.6. The zero-order valence-corrected chi connectivity index (χ0v) is 29.6. The predicted octanol–water partition coefficient (Wildman–Crippen LogP) is -0.664. The van der Waals surface area contributed by atoms with E-state index in [4.69, 9.17) is 46.9 Å². The van der Waals surface area contributed by atoms with E-state index in [2.05, 4.69) is 16.0 Å². The Balaban J connectivity index is 0.00000131. The molecule has 2 aromatic carbocycles. The first kappa shape index (κ1) is 53.0. The van der Waals surface area contributed by atoms with Gasteiger partial charge in [0.05, 0.1) is 12.1 Å². The van der Waals surface area contributed by atoms with Crippen molar-refractivity contribution in [3.05, 3.63) is 47.5 Å². The number of carbonyl (C=O) groups excluding carboxylic acids is 3. The molecule has 5 atom stereocenters. The molecule has 0 spiro atoms. The quantitative estimate of drug-likeness (QED) is 0.160. The highest BCUT2D eigenvalue weighted by Gasteiger charge is 2.40. The van der Waals surface area contributed by atoms with Crippen LogP contribution < -0.4 is 33.2 Å². The topological polar surface area (TPSA) is 358 Å². The second-order valence-corrected chi connectivity index (χ2v) is 11.5. The van der Waals surface area contributed by atoms with Crippen LogP contribution in [-0.2, 0) is 35.2 Å². The fraction of sp³-hybridized carbons (Fsp3) is 0.419. The fourth-order valence-electron chi connectivity index (χ4n) is 4.13. The average Bonchev–Trinajstić information content (AvgIpc) is 3.12. The summed E-state index contributed by atoms with van der Waals surface area (Å²) in [5, 5.41) is 70.9. The van der Waals surface area contributed by atoms with Crippen molar-refractivity contribution in [2.75, 3.05) is 19.6 Å². The molecule has 16 N–H and O–H groups in total. The minimum absolute atomic E-state index is 0.0428. The van der Waals surface area contributed by atoms with Gasteiger partial charge in [0.15, 0.2) is 0 Å². The van der Waals surface area contributed by atoms with Gasteiger partial charge in [-0.3, -0.25) is 14.4 Å². The summed E-state index contributed by atoms with van der Waals surface area (Å²) < 4.78 is 95.2. The first-order valence-corrected chi connectivity index (χ1v) is 15.8. The molecule has 28 heteroatoms. The second kappa shape index (κ2) is 22.8. The van der Waals surface area contributed by atoms with Crippen LogP contribution >= 0.6 is 0 Å². The highest BCUT2D eigenvalue weighted by Crippen LogP contribution is 2.34. The number of amides is 3. The number of fused-ring (bicyclic) bond motifs is 5. The van der Waals surface area contributed by atoms with E-state index in [9.17, 15) is 74.3 Å². The summed E-state index contributed by atoms with van der Waals surface area (Å²) in [7, 11) is 0. The van der Waals surface area contributed by atoms with E-state index >= 15 is 0 Å². The number of nitrogens with two attached hydrogens (primary N) is 3. The largest absolute Gasteiger partial charge is 0.508 e. The van der Waals surface area contributed by atoms with Crippen LogP contribution in [0.1, 0.15) is 23.7 Å². The third kappa shape index (κ3) is 18.4. The third-order valence-corrected chi connectivity index (χ3v) is 7.02. The first-order valence-electron chi connectivity index (χ1n) is 15.8. The number of rotatable bonds is 6. The summed E-state index contributed by atoms with van der Waals surface area (Å²) in [6.45, 7) is -0.0805. The lowest BCUT2D eigenvalue weighted by atomic mass is 9.94. The van der Waals surface area contributed by atoms with Gasteiger partial charge < -0.3 is 68.9 Å². The summed E-state index contributed by atoms with van der Waals surface area (Å²) in [4.78, 5) is 65.8. The number of aliphatic carboxylic acids is 3. The number of carboxylic acids is 3. The Morgan fingerprint density at radius 2 is 1.20 bits per heavy atom. The number of nitrogens with one attached hydrogen (secondary N) is 3. The van der Waals surface area contributed by atoms with E-state index in [-0.39, 0.29) is 49.5 Å². The number of hydrogen-bond acceptors (Lipinski definition) is 13. The Kier molecular flexibility index (Phi) is 20.5. The molecule has 1 aliphatic heterocycles. The van der Waals surface area contributed by atoms with Crippen molar-refractivity contribution in [1.82, 2.24) is 16.0 Å². The molecule has 3 rings (SSSR count). The first-order chi connectivity index (χ1) is 26.9. The molecule has 332 valence electrons. The van der Waals surface area contributed by atoms with Gasteiger partial charge in [-0.25, -0.2) is 14.4 Å². The van der Waals surface area contributed by atoms with Gasteiger partial charge in [-0.1, -0.05) is 12.1 Å². The number of benzene rings is 2. The minimum Gasteiger partial charge on any atom is -0.508 e. The normalized spacial score (nSPS) is 18.7. The number of hydrogen-bond donors (Lipinski definition) is 13. The van der Waals surface area contributed by atoms with Crippen LogP contribution in [0.25, 0.3) is 11.1 Å². The second-order valence-electron chi connectivity index (χ2n) is 11.5. The van der Waals surface area contributed by atoms with Gasteiger partial charge in [0.1, 0.15) is 29.7 Å². The number of halogens is 9. The van der Waals surface area contributed by atoms with Crippen molar-refractivity contribution in [3.63, 3.8) is 0 Å². The van der Waals surface area contributed by atoms with Crippen LogP contribution in [0.2, 0.25) is 0 Å². The summed E-state index contributed by atoms with van der Waals surface area (Å²) in [5.74, 6) is -11.2. The van der Waals surface area contributed by atoms with Crippen LogP contribution in [0.15, 0.2) is 36.4 Å². The van der Waals surface area contributed by atoms with E-state index in [1.54, 1.807) is 18.2 Å². The number of aromatic hydroxyl groups is 2. The molecule has 0 fully saturated rings. The molecular weight excluding hydrogens is 835 g/mol. The SMILES string of the molecule is NCCNC(=O)[C@H]1NC(=O)[C@H](C[C@@H](O)CN)NC(=O)[C@@H](N)Cc2cc(ccc2O)-c2ccc(O)c(c2)[C@H]1O.O=C(O)C(F)(F)F.O=C(O)C(F)(F)F.O=C(O)C(F)(F)F. The van der Waals surface area contributed by atoms with E-state index in [1.807, 2.05) is 0 Å². The number of phenolic OH excluding ortho intramolecular Hbond substituents is 2. The van der Waals surface area contributed by atoms with Gasteiger partial charge in [0.2, 0.25) is 17.7 Å². The molecular formula is C31H37F9N6O13. The molecule has 0 radical (unpaired) electrons. The smallest absolute Gasteiger partial charge is 0.490 e. The third-order valence-electron chi connectivity index (χ3n) is 7.02. The molecule has 4 bridgehead atoms. The number of phenols is 2. The predicted molar refractivity (Wildman–Crippen MR) is 179 cm³/mol. The Labute approximate surface area is 324 Å². The van der Waals surface area contributed by atoms with Gasteiger partial charge in [0.25, 0.3) is 0 Å². The van der Waals surface area contributed by atoms with Crippen molar-refractivity contribution in [2.45, 2.75) is 61.7 Å². The van der Waals surface area contributed by atoms with Gasteiger partial charge in [-0.05, 0) is 41.0 Å². The van der Waals surface area contributed by atoms with E-state index < -0.39 is 84.5 Å². The number of carboxylic acid groups (broad SMARTS) is 3. The fourth-order valence-corrected chi connectivity index (χ4v) is 4.13. The maximum Gasteiger partial charge on any atom is 0.490 e. The van der Waals surface area contributed by atoms with Crippen molar-refractivity contribution in [1.29, 1.82) is 0 Å². The van der Waals surface area contributed by atoms with E-state index in [0.717, 1.165) is 0 Å². The molecule has 0 unspecified atom stereocenters. The highest BCUT2D eigenvalue weighted by molar-refractivity contribution is 5.93. The standard InChI is InChI=1S/C25H34N6O7.3C2HF3O2/c26-5-6-29-25(38)21-22(35)16-8-13(2-4-20(16)34)12-1-3-19(33)14(7-12)9-17(28)23(36)30-18(24(37)31-21)10-15(32)11-27;3*3-2(4,5)1(6)7/h1-4,7-8,15,17-18,21-22,32-35H,5-6,9-11,26-28H2,(H,29,38)(H,30,36)(H,31,37);3*(H,6,7)/t15-,17+,18+,21+,22-;;;/m1.../s1. The Hall–Kier alpha value is -5.97. The average molecular weight is 873 g/mol. The van der Waals surface area contributed by atoms with Gasteiger partial charge >= 0.3 is 36.4 Å². The van der Waals surface area contributed by atoms with Crippen molar-refractivity contribution in [2.24, 2.45) is 17.2 Å². The molecule has 3 amide bonds. The molecule has 59 heavy (non-hydrogen) atoms. The van der Waals surface area contributed by atoms with Crippen LogP contribution in [-0.4, -0.2) is 134 Å². The lowest BCUT2D eigenvalue weighted by Crippen LogP contribution is -2.58. The molecule has 19 nitrogen and oxygen atoms in total. The lowest BCUT2D eigenvalue weighted by molar-refractivity contribution is -0.193. The molecule has 1 heterocycles. The molecule has 0 saturated carbocycles. The highest BCUT2D eigenvalue weighted by atomic mass is 19.4. The van der Waals surface area contributed by atoms with Crippen molar-refractivity contribution < 1.29 is 104 Å². The zero-order chi connectivity index (χ0) is 46.2. The van der Waals surface area contributed by atoms with Crippen LogP contribution in [0.3, 0.4) is 0 Å². The maximum atomic E-state index is 13.3. The lowest BCUT2D eigenvalue weighted by Gasteiger charge is -2.28. The Morgan fingerprint density at radius 1 is 0.763 bits per heavy atom. The minimum atomic E-state index is -5.08. The molecule has 0 saturated heterocycles. The molecule has 0 aromatic heterocycles. The van der Waals surface area contributed by atoms with E-state index in [1.165, 1.54) is 18.2 Å². The molecule has 0 aliphatic carbocycles. The number of aliphatic hydroxyl groups excluding tert-OH is 2. The van der Waals surface area contributed by atoms with Crippen LogP contribution in [0, 0.1) is 0 Å². The Bertz CT molecular complexity index is 1720. The van der Waals surface area contributed by atoms with Crippen LogP contribution in [0.5, 0.6) is 11.5 Å². The number of aliphatic hydroxyl groups is 2. The number of alkyl halides is 9. The Morgan fingerprint density at radius 3 is 1.63 bits per heavy atom. The van der Waals surface area contributed by atoms with Crippen LogP contribution in [0.4, 0.5) is 39.5 Å². The monoisotopic (exact) mass is 872 g/mol. The summed E-state index contributed by atoms with van der Waals surface area (Å²) in [5.41, 5.74) is 18.4. The summed E-state index contributed by atoms with van der Waals surface area (Å²) >= 11 is 0. The van der Waals surface area contributed by atoms with Gasteiger partial charge in [0, 0.05) is 38.0 Å². The maximum absolute atomic E-state index is 13.3. The van der Waals surface area contributed by atoms with Crippen molar-refractivity contribution in [3.8, 4) is 22.6 Å². The summed E-state index contributed by atoms with van der Waals surface area (Å²) in [6, 6.07) is 4.79. The molecule has 2 aromatic rings. The zero-order valence-electron chi connectivity index (χ0n) is 29.6. The van der Waals surface area contributed by atoms with Crippen molar-refractivity contribution >= 4 is 35.6 Å². The number of carbonyl (C=O) groups is 6. The molecule has 1 aliphatic rings. The van der Waals surface area contributed by atoms with Gasteiger partial charge in [-0.2, -0.15) is 39.5 Å².